The number of pyridine rings is 1. The minimum Gasteiger partial charge on any atom is -0.396 e. The van der Waals surface area contributed by atoms with E-state index in [-0.39, 0.29) is 18.0 Å². The Hall–Kier alpha value is -1.58. The van der Waals surface area contributed by atoms with E-state index in [1.54, 1.807) is 0 Å². The summed E-state index contributed by atoms with van der Waals surface area (Å²) < 4.78 is 26.1. The Balaban J connectivity index is 2.49. The molecule has 0 aliphatic heterocycles. The highest BCUT2D eigenvalue weighted by Crippen LogP contribution is 2.12. The van der Waals surface area contributed by atoms with Gasteiger partial charge >= 0.3 is 5.82 Å². The highest BCUT2D eigenvalue weighted by atomic mass is 32.2. The fourth-order valence-corrected chi connectivity index (χ4v) is 2.54. The van der Waals surface area contributed by atoms with E-state index in [1.165, 1.54) is 0 Å². The van der Waals surface area contributed by atoms with Crippen LogP contribution in [-0.2, 0) is 10.0 Å². The fourth-order valence-electron chi connectivity index (χ4n) is 1.52. The first-order valence-corrected chi connectivity index (χ1v) is 7.66. The van der Waals surface area contributed by atoms with Crippen LogP contribution in [0.2, 0.25) is 0 Å². The molecular formula is C11H17N3O5S. The number of nitrogens with one attached hydrogen (secondary N) is 1. The van der Waals surface area contributed by atoms with Crippen LogP contribution in [0, 0.1) is 10.1 Å². The van der Waals surface area contributed by atoms with E-state index in [0.29, 0.717) is 12.8 Å². The third kappa shape index (κ3) is 5.19. The third-order valence-electron chi connectivity index (χ3n) is 2.60. The minimum atomic E-state index is -3.68. The number of unbranched alkanes of at least 4 members (excludes halogenated alkanes) is 3. The van der Waals surface area contributed by atoms with Gasteiger partial charge < -0.3 is 15.2 Å². The van der Waals surface area contributed by atoms with E-state index in [0.717, 1.165) is 31.2 Å². The number of aromatic nitrogens is 1. The predicted octanol–water partition coefficient (Wildman–Crippen LogP) is 0.821. The Kier molecular flexibility index (Phi) is 6.49. The highest BCUT2D eigenvalue weighted by Gasteiger charge is 2.17. The van der Waals surface area contributed by atoms with Gasteiger partial charge in [0.05, 0.1) is 0 Å². The molecule has 0 aliphatic carbocycles. The smallest absolute Gasteiger partial charge is 0.363 e. The van der Waals surface area contributed by atoms with Gasteiger partial charge in [-0.25, -0.2) is 13.1 Å². The largest absolute Gasteiger partial charge is 0.396 e. The molecule has 1 rings (SSSR count). The monoisotopic (exact) mass is 303 g/mol. The molecule has 8 nitrogen and oxygen atoms in total. The lowest BCUT2D eigenvalue weighted by atomic mass is 10.2. The summed E-state index contributed by atoms with van der Waals surface area (Å²) in [5.74, 6) is -0.395. The Morgan fingerprint density at radius 3 is 2.50 bits per heavy atom. The Labute approximate surface area is 117 Å². The average molecular weight is 303 g/mol. The van der Waals surface area contributed by atoms with Gasteiger partial charge in [-0.1, -0.05) is 12.8 Å². The Morgan fingerprint density at radius 1 is 1.25 bits per heavy atom. The maximum Gasteiger partial charge on any atom is 0.363 e. The van der Waals surface area contributed by atoms with Gasteiger partial charge in [-0.2, -0.15) is 0 Å². The molecule has 0 unspecified atom stereocenters. The van der Waals surface area contributed by atoms with Gasteiger partial charge in [-0.15, -0.1) is 0 Å². The molecule has 0 aliphatic rings. The van der Waals surface area contributed by atoms with Crippen molar-refractivity contribution in [1.29, 1.82) is 0 Å². The normalized spacial score (nSPS) is 11.4. The SMILES string of the molecule is O=[N+]([O-])c1ccc(S(=O)(=O)NCCCCCCO)cn1. The summed E-state index contributed by atoms with van der Waals surface area (Å²) >= 11 is 0. The summed E-state index contributed by atoms with van der Waals surface area (Å²) in [6.45, 7) is 0.422. The van der Waals surface area contributed by atoms with Gasteiger partial charge in [0.15, 0.2) is 6.20 Å². The summed E-state index contributed by atoms with van der Waals surface area (Å²) in [6, 6.07) is 2.20. The second kappa shape index (κ2) is 7.88. The first kappa shape index (κ1) is 16.5. The number of rotatable bonds is 9. The lowest BCUT2D eigenvalue weighted by Gasteiger charge is -2.05. The van der Waals surface area contributed by atoms with Gasteiger partial charge in [0.25, 0.3) is 0 Å². The molecule has 1 heterocycles. The van der Waals surface area contributed by atoms with Crippen LogP contribution in [0.1, 0.15) is 25.7 Å². The number of aliphatic hydroxyl groups excluding tert-OH is 1. The van der Waals surface area contributed by atoms with Gasteiger partial charge in [0.2, 0.25) is 10.0 Å². The lowest BCUT2D eigenvalue weighted by molar-refractivity contribution is -0.389. The van der Waals surface area contributed by atoms with Crippen LogP contribution in [0.4, 0.5) is 5.82 Å². The van der Waals surface area contributed by atoms with E-state index in [4.69, 9.17) is 5.11 Å². The van der Waals surface area contributed by atoms with E-state index in [2.05, 4.69) is 9.71 Å². The highest BCUT2D eigenvalue weighted by molar-refractivity contribution is 7.89. The van der Waals surface area contributed by atoms with Crippen LogP contribution in [0.25, 0.3) is 0 Å². The molecule has 0 aromatic carbocycles. The van der Waals surface area contributed by atoms with Crippen molar-refractivity contribution in [2.75, 3.05) is 13.2 Å². The molecule has 0 saturated heterocycles. The first-order chi connectivity index (χ1) is 9.47. The number of sulfonamides is 1. The molecule has 2 N–H and O–H groups in total. The second-order valence-electron chi connectivity index (χ2n) is 4.14. The molecule has 20 heavy (non-hydrogen) atoms. The molecule has 0 atom stereocenters. The van der Waals surface area contributed by atoms with Crippen molar-refractivity contribution in [1.82, 2.24) is 9.71 Å². The summed E-state index contributed by atoms with van der Waals surface area (Å²) in [5.41, 5.74) is 0. The van der Waals surface area contributed by atoms with E-state index in [9.17, 15) is 18.5 Å². The zero-order valence-corrected chi connectivity index (χ0v) is 11.7. The van der Waals surface area contributed by atoms with Crippen molar-refractivity contribution in [3.05, 3.63) is 28.4 Å². The van der Waals surface area contributed by atoms with Gasteiger partial charge in [0.1, 0.15) is 4.90 Å². The zero-order chi connectivity index (χ0) is 15.0. The Bertz CT molecular complexity index is 529. The van der Waals surface area contributed by atoms with Gasteiger partial charge in [0, 0.05) is 19.2 Å². The van der Waals surface area contributed by atoms with E-state index >= 15 is 0 Å². The van der Waals surface area contributed by atoms with Crippen LogP contribution >= 0.6 is 0 Å². The van der Waals surface area contributed by atoms with E-state index in [1.807, 2.05) is 0 Å². The van der Waals surface area contributed by atoms with E-state index < -0.39 is 20.8 Å². The number of nitro groups is 1. The molecule has 0 saturated carbocycles. The summed E-state index contributed by atoms with van der Waals surface area (Å²) in [4.78, 5) is 13.1. The van der Waals surface area contributed by atoms with Crippen molar-refractivity contribution in [2.45, 2.75) is 30.6 Å². The van der Waals surface area contributed by atoms with Crippen molar-refractivity contribution < 1.29 is 18.4 Å². The number of hydrogen-bond donors (Lipinski definition) is 2. The maximum atomic E-state index is 11.8. The van der Waals surface area contributed by atoms with Crippen LogP contribution in [-0.4, -0.2) is 36.6 Å². The molecule has 9 heteroatoms. The average Bonchev–Trinajstić information content (AvgIpc) is 2.43. The van der Waals surface area contributed by atoms with Crippen molar-refractivity contribution in [3.8, 4) is 0 Å². The number of hydrogen-bond acceptors (Lipinski definition) is 6. The van der Waals surface area contributed by atoms with Gasteiger partial charge in [-0.3, -0.25) is 0 Å². The molecule has 0 fully saturated rings. The molecular weight excluding hydrogens is 286 g/mol. The topological polar surface area (TPSA) is 122 Å². The molecule has 1 aromatic heterocycles. The first-order valence-electron chi connectivity index (χ1n) is 6.18. The quantitative estimate of drug-likeness (QED) is 0.395. The third-order valence-corrected chi connectivity index (χ3v) is 4.04. The zero-order valence-electron chi connectivity index (χ0n) is 10.9. The fraction of sp³-hybridized carbons (Fsp3) is 0.545. The molecule has 0 bridgehead atoms. The van der Waals surface area contributed by atoms with Gasteiger partial charge in [-0.05, 0) is 28.8 Å². The van der Waals surface area contributed by atoms with Crippen LogP contribution in [0.15, 0.2) is 23.2 Å². The van der Waals surface area contributed by atoms with Crippen molar-refractivity contribution in [3.63, 3.8) is 0 Å². The maximum absolute atomic E-state index is 11.8. The molecule has 0 amide bonds. The lowest BCUT2D eigenvalue weighted by Crippen LogP contribution is -2.24. The molecule has 0 spiro atoms. The van der Waals surface area contributed by atoms with Crippen molar-refractivity contribution in [2.24, 2.45) is 0 Å². The van der Waals surface area contributed by atoms with Crippen molar-refractivity contribution >= 4 is 15.8 Å². The Morgan fingerprint density at radius 2 is 1.95 bits per heavy atom. The molecule has 0 radical (unpaired) electrons. The molecule has 112 valence electrons. The summed E-state index contributed by atoms with van der Waals surface area (Å²) in [6.07, 6.45) is 4.00. The predicted molar refractivity (Wildman–Crippen MR) is 71.6 cm³/mol. The summed E-state index contributed by atoms with van der Waals surface area (Å²) in [7, 11) is -3.68. The standard InChI is InChI=1S/C11H17N3O5S/c15-8-4-2-1-3-7-13-20(18,19)10-5-6-11(12-9-10)14(16)17/h5-6,9,13,15H,1-4,7-8H2. The molecule has 1 aromatic rings. The van der Waals surface area contributed by atoms with Crippen LogP contribution in [0.5, 0.6) is 0 Å². The summed E-state index contributed by atoms with van der Waals surface area (Å²) in [5, 5.41) is 19.0. The van der Waals surface area contributed by atoms with Crippen LogP contribution < -0.4 is 4.72 Å². The second-order valence-corrected chi connectivity index (χ2v) is 5.91. The number of nitrogens with zero attached hydrogens (tertiary/aromatic N) is 2. The minimum absolute atomic E-state index is 0.0986. The number of aliphatic hydroxyl groups is 1. The van der Waals surface area contributed by atoms with Crippen LogP contribution in [0.3, 0.4) is 0 Å².